The van der Waals surface area contributed by atoms with Crippen LogP contribution in [0.15, 0.2) is 0 Å². The van der Waals surface area contributed by atoms with Crippen LogP contribution in [0.2, 0.25) is 0 Å². The topological polar surface area (TPSA) is 241 Å². The van der Waals surface area contributed by atoms with Crippen LogP contribution in [0.1, 0.15) is 0 Å². The molecule has 0 aromatic heterocycles. The van der Waals surface area contributed by atoms with E-state index in [1.807, 2.05) is 0 Å². The van der Waals surface area contributed by atoms with Crippen LogP contribution in [0, 0.1) is 0 Å². The maximum absolute atomic E-state index is 8.93. The summed E-state index contributed by atoms with van der Waals surface area (Å²) in [6.07, 6.45) is 0. The van der Waals surface area contributed by atoms with Crippen molar-refractivity contribution in [2.75, 3.05) is 0 Å². The molecule has 0 rings (SSSR count). The first kappa shape index (κ1) is 30.9. The molecule has 0 aliphatic rings. The summed E-state index contributed by atoms with van der Waals surface area (Å²) in [6.45, 7) is 0. The van der Waals surface area contributed by atoms with Gasteiger partial charge in [-0.3, -0.25) is 0 Å². The predicted octanol–water partition coefficient (Wildman–Crippen LogP) is -13.5. The van der Waals surface area contributed by atoms with Gasteiger partial charge in [0.05, 0.1) is 35.8 Å². The molecular weight excluding hydrogens is 364 g/mol. The van der Waals surface area contributed by atoms with Crippen LogP contribution in [0.25, 0.3) is 0 Å². The normalized spacial score (nSPS) is 6.60. The molecule has 0 saturated carbocycles. The SMILES string of the molecule is O=C([O-])C(=O)[O-].O=C([O-])C(=O)[O-].O=C([O-])C(=O)[O-].[Li+].[Nb+5]. The van der Waals surface area contributed by atoms with Crippen LogP contribution in [0.4, 0.5) is 0 Å². The molecule has 102 valence electrons. The number of carbonyl (C=O) groups excluding carboxylic acids is 6. The Labute approximate surface area is 136 Å². The summed E-state index contributed by atoms with van der Waals surface area (Å²) in [7, 11) is 0. The molecule has 0 amide bonds. The zero-order chi connectivity index (χ0) is 15.5. The Balaban J connectivity index is -0.0000000536. The number of rotatable bonds is 0. The van der Waals surface area contributed by atoms with Crippen LogP contribution >= 0.6 is 0 Å². The molecule has 0 saturated heterocycles. The molecule has 0 bridgehead atoms. The van der Waals surface area contributed by atoms with Crippen molar-refractivity contribution in [3.8, 4) is 0 Å². The van der Waals surface area contributed by atoms with Crippen LogP contribution in [-0.2, 0) is 51.1 Å². The summed E-state index contributed by atoms with van der Waals surface area (Å²) in [5.41, 5.74) is 0. The molecular formula is C6LiNbO12. The van der Waals surface area contributed by atoms with Crippen molar-refractivity contribution in [3.05, 3.63) is 0 Å². The zero-order valence-corrected chi connectivity index (χ0v) is 11.5. The molecule has 0 atom stereocenters. The van der Waals surface area contributed by atoms with Crippen LogP contribution in [0.5, 0.6) is 0 Å². The zero-order valence-electron chi connectivity index (χ0n) is 9.35. The van der Waals surface area contributed by atoms with Gasteiger partial charge in [0.15, 0.2) is 0 Å². The first-order chi connectivity index (χ1) is 7.93. The van der Waals surface area contributed by atoms with Gasteiger partial charge in [-0.25, -0.2) is 0 Å². The second-order valence-corrected chi connectivity index (χ2v) is 1.72. The molecule has 0 radical (unpaired) electrons. The largest absolute Gasteiger partial charge is 5.00 e. The minimum absolute atomic E-state index is 0. The smallest absolute Gasteiger partial charge is 0.543 e. The van der Waals surface area contributed by atoms with Crippen molar-refractivity contribution in [1.82, 2.24) is 0 Å². The summed E-state index contributed by atoms with van der Waals surface area (Å²) in [5, 5.41) is 53.6. The van der Waals surface area contributed by atoms with Gasteiger partial charge < -0.3 is 59.4 Å². The number of hydrogen-bond acceptors (Lipinski definition) is 12. The van der Waals surface area contributed by atoms with Crippen molar-refractivity contribution in [2.24, 2.45) is 0 Å². The molecule has 14 heteroatoms. The standard InChI is InChI=1S/3C2H2O4.Li.Nb/c3*3-1(4)2(5)6;;/h3*(H,3,4)(H,5,6);;/q;;;+1;+5/p-6. The van der Waals surface area contributed by atoms with Gasteiger partial charge in [-0.05, 0) is 0 Å². The van der Waals surface area contributed by atoms with E-state index in [1.165, 1.54) is 0 Å². The van der Waals surface area contributed by atoms with E-state index in [4.69, 9.17) is 59.4 Å². The van der Waals surface area contributed by atoms with E-state index in [0.29, 0.717) is 0 Å². The van der Waals surface area contributed by atoms with Gasteiger partial charge in [0.2, 0.25) is 0 Å². The fourth-order valence-corrected chi connectivity index (χ4v) is 0. The molecule has 0 aromatic carbocycles. The van der Waals surface area contributed by atoms with Crippen molar-refractivity contribution in [3.63, 3.8) is 0 Å². The van der Waals surface area contributed by atoms with Crippen molar-refractivity contribution < 1.29 is 101 Å². The summed E-state index contributed by atoms with van der Waals surface area (Å²) >= 11 is 0. The monoisotopic (exact) mass is 364 g/mol. The number of hydrogen-bond donors (Lipinski definition) is 0. The maximum atomic E-state index is 8.93. The molecule has 0 N–H and O–H groups in total. The van der Waals surface area contributed by atoms with E-state index >= 15 is 0 Å². The van der Waals surface area contributed by atoms with E-state index in [0.717, 1.165) is 0 Å². The van der Waals surface area contributed by atoms with E-state index in [1.54, 1.807) is 0 Å². The Morgan fingerprint density at radius 2 is 0.450 bits per heavy atom. The minimum Gasteiger partial charge on any atom is -0.543 e. The Kier molecular flexibility index (Phi) is 26.5. The van der Waals surface area contributed by atoms with Crippen LogP contribution < -0.4 is 49.5 Å². The summed E-state index contributed by atoms with van der Waals surface area (Å²) in [6, 6.07) is 0. The first-order valence-electron chi connectivity index (χ1n) is 3.20. The van der Waals surface area contributed by atoms with Gasteiger partial charge >= 0.3 is 41.2 Å². The minimum atomic E-state index is -2.19. The molecule has 0 aromatic rings. The average molecular weight is 364 g/mol. The number of carboxylic acids is 6. The third-order valence-electron chi connectivity index (χ3n) is 0.500. The van der Waals surface area contributed by atoms with Crippen LogP contribution in [0.3, 0.4) is 0 Å². The van der Waals surface area contributed by atoms with Crippen molar-refractivity contribution in [2.45, 2.75) is 0 Å². The first-order valence-corrected chi connectivity index (χ1v) is 3.20. The quantitative estimate of drug-likeness (QED) is 0.287. The van der Waals surface area contributed by atoms with Crippen LogP contribution in [-0.4, -0.2) is 35.8 Å². The number of carbonyl (C=O) groups is 6. The van der Waals surface area contributed by atoms with Gasteiger partial charge in [-0.2, -0.15) is 0 Å². The Morgan fingerprint density at radius 3 is 0.450 bits per heavy atom. The van der Waals surface area contributed by atoms with E-state index in [-0.39, 0.29) is 41.2 Å². The van der Waals surface area contributed by atoms with Gasteiger partial charge in [-0.1, -0.05) is 0 Å². The fourth-order valence-electron chi connectivity index (χ4n) is 0. The van der Waals surface area contributed by atoms with Gasteiger partial charge in [0.1, 0.15) is 0 Å². The van der Waals surface area contributed by atoms with E-state index < -0.39 is 35.8 Å². The Morgan fingerprint density at radius 1 is 0.400 bits per heavy atom. The molecule has 0 spiro atoms. The summed E-state index contributed by atoms with van der Waals surface area (Å²) < 4.78 is 0. The fraction of sp³-hybridized carbons (Fsp3) is 0. The Hall–Kier alpha value is -1.84. The van der Waals surface area contributed by atoms with Crippen molar-refractivity contribution >= 4 is 35.8 Å². The molecule has 12 nitrogen and oxygen atoms in total. The second-order valence-electron chi connectivity index (χ2n) is 1.72. The van der Waals surface area contributed by atoms with Gasteiger partial charge in [0.25, 0.3) is 0 Å². The number of carboxylic acid groups (broad SMARTS) is 6. The summed E-state index contributed by atoms with van der Waals surface area (Å²) in [5.74, 6) is -13.1. The summed E-state index contributed by atoms with van der Waals surface area (Å²) in [4.78, 5) is 53.6. The molecule has 0 aliphatic heterocycles. The van der Waals surface area contributed by atoms with Gasteiger partial charge in [0, 0.05) is 0 Å². The molecule has 20 heavy (non-hydrogen) atoms. The van der Waals surface area contributed by atoms with Gasteiger partial charge in [-0.15, -0.1) is 0 Å². The average Bonchev–Trinajstić information content (AvgIpc) is 2.18. The van der Waals surface area contributed by atoms with E-state index in [2.05, 4.69) is 0 Å². The Bertz CT molecular complexity index is 283. The van der Waals surface area contributed by atoms with E-state index in [9.17, 15) is 0 Å². The maximum Gasteiger partial charge on any atom is 5.00 e. The molecule has 0 heterocycles. The third-order valence-corrected chi connectivity index (χ3v) is 0.500. The molecule has 0 unspecified atom stereocenters. The molecule has 0 aliphatic carbocycles. The predicted molar refractivity (Wildman–Crippen MR) is 30.0 cm³/mol. The number of aliphatic carboxylic acids is 6. The van der Waals surface area contributed by atoms with Crippen molar-refractivity contribution in [1.29, 1.82) is 0 Å². The second kappa shape index (κ2) is 17.2. The molecule has 0 fully saturated rings. The third kappa shape index (κ3) is 36.0.